The normalized spacial score (nSPS) is 11.0. The quantitative estimate of drug-likeness (QED) is 0.450. The monoisotopic (exact) mass is 363 g/mol. The van der Waals surface area contributed by atoms with E-state index < -0.39 is 16.6 Å². The van der Waals surface area contributed by atoms with Crippen LogP contribution in [0.1, 0.15) is 26.3 Å². The molecule has 1 heterocycles. The fourth-order valence-corrected chi connectivity index (χ4v) is 2.21. The van der Waals surface area contributed by atoms with E-state index in [0.717, 1.165) is 10.5 Å². The molecule has 2 rings (SSSR count). The number of benzene rings is 1. The number of pyridine rings is 1. The number of amides is 1. The van der Waals surface area contributed by atoms with E-state index in [4.69, 9.17) is 16.3 Å². The minimum atomic E-state index is -0.765. The van der Waals surface area contributed by atoms with Crippen LogP contribution in [0, 0.1) is 10.1 Å². The molecule has 0 bridgehead atoms. The lowest BCUT2D eigenvalue weighted by atomic mass is 10.2. The SMILES string of the molecule is CC(C)(C)OC(=O)N(Cc1ccccc1)c1nc(Cl)ccc1[N+](=O)[O-]. The van der Waals surface area contributed by atoms with Crippen molar-refractivity contribution in [2.75, 3.05) is 4.90 Å². The van der Waals surface area contributed by atoms with Gasteiger partial charge in [0, 0.05) is 6.07 Å². The third-order valence-corrected chi connectivity index (χ3v) is 3.28. The Hall–Kier alpha value is -2.67. The molecule has 8 heteroatoms. The van der Waals surface area contributed by atoms with Gasteiger partial charge in [-0.05, 0) is 32.4 Å². The molecule has 0 spiro atoms. The number of hydrogen-bond donors (Lipinski definition) is 0. The smallest absolute Gasteiger partial charge is 0.416 e. The molecule has 0 radical (unpaired) electrons. The summed E-state index contributed by atoms with van der Waals surface area (Å²) < 4.78 is 5.38. The maximum atomic E-state index is 12.6. The maximum absolute atomic E-state index is 12.6. The molecule has 0 aliphatic carbocycles. The predicted octanol–water partition coefficient (Wildman–Crippen LogP) is 4.58. The summed E-state index contributed by atoms with van der Waals surface area (Å²) in [5, 5.41) is 11.4. The van der Waals surface area contributed by atoms with Crippen LogP contribution in [0.5, 0.6) is 0 Å². The first kappa shape index (κ1) is 18.7. The number of ether oxygens (including phenoxy) is 1. The molecular weight excluding hydrogens is 346 g/mol. The van der Waals surface area contributed by atoms with Crippen molar-refractivity contribution >= 4 is 29.2 Å². The average molecular weight is 364 g/mol. The van der Waals surface area contributed by atoms with Crippen LogP contribution in [0.2, 0.25) is 5.15 Å². The summed E-state index contributed by atoms with van der Waals surface area (Å²) in [5.74, 6) is -0.157. The van der Waals surface area contributed by atoms with Gasteiger partial charge in [-0.3, -0.25) is 15.0 Å². The van der Waals surface area contributed by atoms with Gasteiger partial charge in [-0.2, -0.15) is 0 Å². The highest BCUT2D eigenvalue weighted by Gasteiger charge is 2.30. The van der Waals surface area contributed by atoms with E-state index in [1.807, 2.05) is 18.2 Å². The molecule has 0 aliphatic rings. The maximum Gasteiger partial charge on any atom is 0.416 e. The third-order valence-electron chi connectivity index (χ3n) is 3.07. The van der Waals surface area contributed by atoms with Gasteiger partial charge in [0.1, 0.15) is 10.8 Å². The van der Waals surface area contributed by atoms with E-state index in [2.05, 4.69) is 4.98 Å². The Morgan fingerprint density at radius 3 is 2.44 bits per heavy atom. The van der Waals surface area contributed by atoms with E-state index in [0.29, 0.717) is 0 Å². The number of aromatic nitrogens is 1. The van der Waals surface area contributed by atoms with Crippen molar-refractivity contribution < 1.29 is 14.5 Å². The Morgan fingerprint density at radius 1 is 1.24 bits per heavy atom. The van der Waals surface area contributed by atoms with Gasteiger partial charge in [-0.1, -0.05) is 41.9 Å². The van der Waals surface area contributed by atoms with E-state index in [1.54, 1.807) is 32.9 Å². The van der Waals surface area contributed by atoms with E-state index in [-0.39, 0.29) is 23.2 Å². The molecule has 0 N–H and O–H groups in total. The molecule has 2 aromatic rings. The van der Waals surface area contributed by atoms with Gasteiger partial charge in [-0.25, -0.2) is 9.78 Å². The highest BCUT2D eigenvalue weighted by Crippen LogP contribution is 2.30. The fraction of sp³-hybridized carbons (Fsp3) is 0.294. The number of hydrogen-bond acceptors (Lipinski definition) is 5. The molecule has 0 unspecified atom stereocenters. The largest absolute Gasteiger partial charge is 0.443 e. The number of carbonyl (C=O) groups excluding carboxylic acids is 1. The van der Waals surface area contributed by atoms with Gasteiger partial charge in [0.2, 0.25) is 5.82 Å². The van der Waals surface area contributed by atoms with E-state index in [9.17, 15) is 14.9 Å². The molecule has 1 aromatic carbocycles. The first-order valence-electron chi connectivity index (χ1n) is 7.53. The van der Waals surface area contributed by atoms with Gasteiger partial charge in [-0.15, -0.1) is 0 Å². The Morgan fingerprint density at radius 2 is 1.88 bits per heavy atom. The molecule has 0 aliphatic heterocycles. The van der Waals surface area contributed by atoms with E-state index >= 15 is 0 Å². The second kappa shape index (κ2) is 7.48. The molecule has 0 fully saturated rings. The standard InChI is InChI=1S/C17H18ClN3O4/c1-17(2,3)25-16(22)20(11-12-7-5-4-6-8-12)15-13(21(23)24)9-10-14(18)19-15/h4-10H,11H2,1-3H3. The zero-order chi connectivity index (χ0) is 18.6. The van der Waals surface area contributed by atoms with Crippen LogP contribution in [0.15, 0.2) is 42.5 Å². The van der Waals surface area contributed by atoms with Crippen molar-refractivity contribution in [3.8, 4) is 0 Å². The van der Waals surface area contributed by atoms with Crippen molar-refractivity contribution in [2.24, 2.45) is 0 Å². The summed E-state index contributed by atoms with van der Waals surface area (Å²) in [6, 6.07) is 11.6. The number of nitrogens with zero attached hydrogens (tertiary/aromatic N) is 3. The lowest BCUT2D eigenvalue weighted by Gasteiger charge is -2.26. The highest BCUT2D eigenvalue weighted by molar-refractivity contribution is 6.29. The minimum absolute atomic E-state index is 0.0437. The fourth-order valence-electron chi connectivity index (χ4n) is 2.07. The van der Waals surface area contributed by atoms with Crippen molar-refractivity contribution in [2.45, 2.75) is 32.9 Å². The molecule has 1 aromatic heterocycles. The molecule has 25 heavy (non-hydrogen) atoms. The third kappa shape index (κ3) is 5.15. The number of carbonyl (C=O) groups is 1. The van der Waals surface area contributed by atoms with Crippen LogP contribution < -0.4 is 4.90 Å². The molecule has 0 saturated heterocycles. The molecule has 0 atom stereocenters. The number of nitro groups is 1. The number of anilines is 1. The van der Waals surface area contributed by atoms with Gasteiger partial charge in [0.15, 0.2) is 0 Å². The Kier molecular flexibility index (Phi) is 5.58. The number of rotatable bonds is 4. The average Bonchev–Trinajstić information content (AvgIpc) is 2.51. The lowest BCUT2D eigenvalue weighted by molar-refractivity contribution is -0.384. The first-order valence-corrected chi connectivity index (χ1v) is 7.90. The summed E-state index contributed by atoms with van der Waals surface area (Å²) in [6.45, 7) is 5.20. The van der Waals surface area contributed by atoms with Crippen molar-refractivity contribution in [3.63, 3.8) is 0 Å². The Balaban J connectivity index is 2.49. The zero-order valence-corrected chi connectivity index (χ0v) is 14.9. The lowest BCUT2D eigenvalue weighted by Crippen LogP contribution is -2.37. The highest BCUT2D eigenvalue weighted by atomic mass is 35.5. The first-order chi connectivity index (χ1) is 11.7. The van der Waals surface area contributed by atoms with Gasteiger partial charge >= 0.3 is 11.8 Å². The van der Waals surface area contributed by atoms with Gasteiger partial charge in [0.25, 0.3) is 0 Å². The van der Waals surface area contributed by atoms with Crippen LogP contribution in [0.25, 0.3) is 0 Å². The predicted molar refractivity (Wildman–Crippen MR) is 94.8 cm³/mol. The topological polar surface area (TPSA) is 85.6 Å². The van der Waals surface area contributed by atoms with Crippen LogP contribution in [0.3, 0.4) is 0 Å². The van der Waals surface area contributed by atoms with Crippen molar-refractivity contribution in [1.29, 1.82) is 0 Å². The van der Waals surface area contributed by atoms with Crippen LogP contribution >= 0.6 is 11.6 Å². The molecule has 0 saturated carbocycles. The van der Waals surface area contributed by atoms with E-state index in [1.165, 1.54) is 12.1 Å². The molecule has 1 amide bonds. The van der Waals surface area contributed by atoms with Crippen LogP contribution in [0.4, 0.5) is 16.3 Å². The number of halogens is 1. The van der Waals surface area contributed by atoms with Gasteiger partial charge in [0.05, 0.1) is 11.5 Å². The summed E-state index contributed by atoms with van der Waals surface area (Å²) in [6.07, 6.45) is -0.741. The summed E-state index contributed by atoms with van der Waals surface area (Å²) in [4.78, 5) is 28.5. The summed E-state index contributed by atoms with van der Waals surface area (Å²) >= 11 is 5.89. The van der Waals surface area contributed by atoms with Crippen molar-refractivity contribution in [1.82, 2.24) is 4.98 Å². The van der Waals surface area contributed by atoms with Crippen molar-refractivity contribution in [3.05, 3.63) is 63.3 Å². The zero-order valence-electron chi connectivity index (χ0n) is 14.1. The van der Waals surface area contributed by atoms with Crippen LogP contribution in [-0.2, 0) is 11.3 Å². The van der Waals surface area contributed by atoms with Gasteiger partial charge < -0.3 is 4.74 Å². The molecular formula is C17H18ClN3O4. The minimum Gasteiger partial charge on any atom is -0.443 e. The van der Waals surface area contributed by atoms with Crippen LogP contribution in [-0.4, -0.2) is 21.6 Å². The Bertz CT molecular complexity index is 775. The Labute approximate surface area is 150 Å². The second-order valence-corrected chi connectivity index (χ2v) is 6.67. The molecule has 7 nitrogen and oxygen atoms in total. The molecule has 132 valence electrons. The summed E-state index contributed by atoms with van der Waals surface area (Å²) in [5.41, 5.74) is -0.324. The summed E-state index contributed by atoms with van der Waals surface area (Å²) in [7, 11) is 0. The second-order valence-electron chi connectivity index (χ2n) is 6.29.